The van der Waals surface area contributed by atoms with Crippen LogP contribution >= 0.6 is 0 Å². The molecule has 0 bridgehead atoms. The fourth-order valence-electron chi connectivity index (χ4n) is 11.7. The number of anilines is 5. The van der Waals surface area contributed by atoms with Crippen LogP contribution in [0.15, 0.2) is 67.0 Å². The summed E-state index contributed by atoms with van der Waals surface area (Å²) in [5.74, 6) is 0.747. The topological polar surface area (TPSA) is 228 Å². The van der Waals surface area contributed by atoms with Crippen molar-refractivity contribution in [1.82, 2.24) is 34.9 Å². The monoisotopic (exact) mass is 1100 g/mol. The molecule has 2 aliphatic carbocycles. The first kappa shape index (κ1) is 52.2. The zero-order valence-electron chi connectivity index (χ0n) is 44.9. The summed E-state index contributed by atoms with van der Waals surface area (Å²) in [5.41, 5.74) is 8.10. The standard InChI is InChI=1S/C55H70N13O8S2/c1-5-6-7-12-53(3)75-49-35-41(34-43(51(49)76-53)44-36-66(61-58-44)45-11-9-39(59-77(4,70)71)33-47(45)64-23-19-55(15-16-55)20-24-64)68-48(37-67(62-68)50-31-38(2)56-52(57-50)65-25-28-74-29-26-65)42-10-8-40(60-78(72,73)30-27-69)32-46(42)63-21-17-54(13-14-54)18-22-63/h8-11,31-37,59-60,69H,5-7,12-30H2,1-4H3/q+1. The first-order valence-electron chi connectivity index (χ1n) is 27.6. The van der Waals surface area contributed by atoms with Gasteiger partial charge >= 0.3 is 0 Å². The Balaban J connectivity index is 1.01. The van der Waals surface area contributed by atoms with Crippen molar-refractivity contribution in [2.45, 2.75) is 104 Å². The van der Waals surface area contributed by atoms with Crippen LogP contribution in [0.1, 0.15) is 96.6 Å². The highest BCUT2D eigenvalue weighted by molar-refractivity contribution is 7.92. The van der Waals surface area contributed by atoms with Crippen molar-refractivity contribution in [1.29, 1.82) is 0 Å². The van der Waals surface area contributed by atoms with Gasteiger partial charge in [-0.15, -0.1) is 5.10 Å². The highest BCUT2D eigenvalue weighted by Crippen LogP contribution is 2.56. The molecule has 414 valence electrons. The zero-order valence-corrected chi connectivity index (χ0v) is 46.6. The summed E-state index contributed by atoms with van der Waals surface area (Å²) in [6, 6.07) is 16.9. The molecule has 78 heavy (non-hydrogen) atoms. The van der Waals surface area contributed by atoms with Crippen LogP contribution in [-0.4, -0.2) is 134 Å². The van der Waals surface area contributed by atoms with Crippen LogP contribution in [0, 0.1) is 17.8 Å². The van der Waals surface area contributed by atoms with E-state index in [0.29, 0.717) is 101 Å². The number of aryl methyl sites for hydroxylation is 1. The van der Waals surface area contributed by atoms with Crippen molar-refractivity contribution < 1.29 is 40.8 Å². The summed E-state index contributed by atoms with van der Waals surface area (Å²) in [7, 11) is -7.38. The van der Waals surface area contributed by atoms with Gasteiger partial charge in [-0.3, -0.25) is 9.44 Å². The highest BCUT2D eigenvalue weighted by atomic mass is 32.2. The Morgan fingerprint density at radius 3 is 2.08 bits per heavy atom. The third-order valence-electron chi connectivity index (χ3n) is 16.6. The minimum atomic E-state index is -3.84. The van der Waals surface area contributed by atoms with Crippen LogP contribution in [0.3, 0.4) is 0 Å². The molecule has 3 aromatic carbocycles. The van der Waals surface area contributed by atoms with Gasteiger partial charge in [-0.2, -0.15) is 4.98 Å². The molecular weight excluding hydrogens is 1030 g/mol. The second-order valence-electron chi connectivity index (χ2n) is 22.6. The molecule has 6 aliphatic rings. The Morgan fingerprint density at radius 2 is 1.40 bits per heavy atom. The van der Waals surface area contributed by atoms with Crippen molar-refractivity contribution in [2.24, 2.45) is 10.8 Å². The number of aliphatic hydroxyl groups is 1. The molecule has 7 heterocycles. The average Bonchev–Trinajstić information content (AvgIpc) is 4.20. The van der Waals surface area contributed by atoms with Crippen molar-refractivity contribution in [3.63, 3.8) is 0 Å². The maximum Gasteiger partial charge on any atom is 0.252 e. The van der Waals surface area contributed by atoms with E-state index in [-0.39, 0.29) is 0 Å². The summed E-state index contributed by atoms with van der Waals surface area (Å²) in [5, 5.41) is 24.6. The number of benzene rings is 3. The normalized spacial score (nSPS) is 20.4. The molecule has 3 N–H and O–H groups in total. The molecular formula is C55H70N13O8S2+. The smallest absolute Gasteiger partial charge is 0.252 e. The van der Waals surface area contributed by atoms with Crippen LogP contribution in [0.2, 0.25) is 0 Å². The van der Waals surface area contributed by atoms with Crippen molar-refractivity contribution in [2.75, 3.05) is 95.2 Å². The molecule has 1 unspecified atom stereocenters. The lowest BCUT2D eigenvalue weighted by atomic mass is 9.92. The quantitative estimate of drug-likeness (QED) is 0.0585. The van der Waals surface area contributed by atoms with Crippen molar-refractivity contribution in [3.05, 3.63) is 72.7 Å². The van der Waals surface area contributed by atoms with Gasteiger partial charge in [-0.05, 0) is 112 Å². The minimum Gasteiger partial charge on any atom is -0.449 e. The number of piperidine rings is 2. The number of rotatable bonds is 18. The summed E-state index contributed by atoms with van der Waals surface area (Å²) < 4.78 is 81.4. The second-order valence-corrected chi connectivity index (χ2v) is 26.2. The van der Waals surface area contributed by atoms with Crippen LogP contribution < -0.4 is 38.3 Å². The van der Waals surface area contributed by atoms with Gasteiger partial charge < -0.3 is 34.0 Å². The zero-order chi connectivity index (χ0) is 54.0. The minimum absolute atomic E-state index is 0.369. The van der Waals surface area contributed by atoms with Gasteiger partial charge in [-0.1, -0.05) is 34.3 Å². The van der Waals surface area contributed by atoms with Crippen molar-refractivity contribution >= 4 is 48.7 Å². The molecule has 21 nitrogen and oxygen atoms in total. The van der Waals surface area contributed by atoms with Crippen molar-refractivity contribution in [3.8, 4) is 51.2 Å². The van der Waals surface area contributed by atoms with Gasteiger partial charge in [0.2, 0.25) is 37.5 Å². The largest absolute Gasteiger partial charge is 0.449 e. The van der Waals surface area contributed by atoms with Gasteiger partial charge in [0.05, 0.1) is 77.6 Å². The number of nitrogens with one attached hydrogen (secondary N) is 2. The lowest BCUT2D eigenvalue weighted by molar-refractivity contribution is -0.650. The Hall–Kier alpha value is -6.56. The highest BCUT2D eigenvalue weighted by Gasteiger charge is 2.46. The lowest BCUT2D eigenvalue weighted by Gasteiger charge is -2.35. The number of nitrogens with zero attached hydrogens (tertiary/aromatic N) is 11. The number of morpholine rings is 1. The molecule has 2 saturated carbocycles. The Bertz CT molecular complexity index is 3460. The van der Waals surface area contributed by atoms with Gasteiger partial charge in [-0.25, -0.2) is 26.5 Å². The number of sulfonamides is 2. The number of unbranched alkanes of at least 4 members (excludes halogenated alkanes) is 2. The first-order valence-corrected chi connectivity index (χ1v) is 31.1. The molecule has 1 atom stereocenters. The molecule has 0 amide bonds. The maximum absolute atomic E-state index is 13.1. The number of hydrogen-bond donors (Lipinski definition) is 3. The summed E-state index contributed by atoms with van der Waals surface area (Å²) >= 11 is 0. The molecule has 5 fully saturated rings. The molecule has 6 aromatic rings. The van der Waals surface area contributed by atoms with Crippen LogP contribution in [0.5, 0.6) is 11.5 Å². The number of aromatic nitrogens is 8. The van der Waals surface area contributed by atoms with Gasteiger partial charge in [0.15, 0.2) is 23.4 Å². The summed E-state index contributed by atoms with van der Waals surface area (Å²) in [6.45, 7) is 11.3. The Kier molecular flexibility index (Phi) is 13.6. The Morgan fingerprint density at radius 1 is 0.718 bits per heavy atom. The van der Waals surface area contributed by atoms with E-state index < -0.39 is 38.2 Å². The Labute approximate surface area is 456 Å². The van der Waals surface area contributed by atoms with E-state index in [2.05, 4.69) is 31.1 Å². The number of fused-ring (bicyclic) bond motifs is 1. The van der Waals surface area contributed by atoms with E-state index >= 15 is 0 Å². The molecule has 12 rings (SSSR count). The van der Waals surface area contributed by atoms with Crippen LogP contribution in [0.4, 0.5) is 28.7 Å². The molecule has 0 radical (unpaired) electrons. The molecule has 3 aromatic heterocycles. The lowest BCUT2D eigenvalue weighted by Crippen LogP contribution is -2.38. The second kappa shape index (κ2) is 20.3. The fourth-order valence-corrected chi connectivity index (χ4v) is 13.1. The van der Waals surface area contributed by atoms with Gasteiger partial charge in [0.1, 0.15) is 10.9 Å². The molecule has 2 spiro atoms. The van der Waals surface area contributed by atoms with E-state index in [0.717, 1.165) is 106 Å². The maximum atomic E-state index is 13.1. The van der Waals surface area contributed by atoms with E-state index in [1.165, 1.54) is 25.7 Å². The fraction of sp³-hybridized carbons (Fsp3) is 0.527. The van der Waals surface area contributed by atoms with Gasteiger partial charge in [0, 0.05) is 76.5 Å². The molecule has 3 saturated heterocycles. The van der Waals surface area contributed by atoms with E-state index in [1.54, 1.807) is 21.5 Å². The van der Waals surface area contributed by atoms with E-state index in [1.807, 2.05) is 73.4 Å². The molecule has 23 heteroatoms. The third kappa shape index (κ3) is 10.9. The van der Waals surface area contributed by atoms with E-state index in [4.69, 9.17) is 39.7 Å². The molecule has 4 aliphatic heterocycles. The van der Waals surface area contributed by atoms with Crippen LogP contribution in [0.25, 0.3) is 39.7 Å². The predicted octanol–water partition coefficient (Wildman–Crippen LogP) is 6.93. The summed E-state index contributed by atoms with van der Waals surface area (Å²) in [4.78, 5) is 16.7. The first-order chi connectivity index (χ1) is 37.5. The third-order valence-corrected chi connectivity index (χ3v) is 18.5. The number of hydrogen-bond acceptors (Lipinski definition) is 16. The van der Waals surface area contributed by atoms with Crippen LogP contribution in [-0.2, 0) is 24.8 Å². The van der Waals surface area contributed by atoms with E-state index in [9.17, 15) is 21.9 Å². The number of ether oxygens (including phenoxy) is 3. The average molecular weight is 1110 g/mol. The predicted molar refractivity (Wildman–Crippen MR) is 297 cm³/mol. The van der Waals surface area contributed by atoms with Gasteiger partial charge in [0.25, 0.3) is 5.82 Å². The number of aliphatic hydroxyl groups excluding tert-OH is 1. The SMILES string of the molecule is CCCCCC1(C)Oc2cc(-[n+]3nn(-c4cc(C)nc(N5CCOCC5)n4)cc3-c3ccc(NS(=O)(=O)CCO)cc3N3CCC4(CC3)CC4)cc(-c3cn(-c4ccc(NS(C)(=O)=O)cc4N4CCC5(CC4)CC5)nn3)c2O1. The summed E-state index contributed by atoms with van der Waals surface area (Å²) in [6.07, 6.45) is 17.7.